The van der Waals surface area contributed by atoms with Gasteiger partial charge in [-0.15, -0.1) is 0 Å². The van der Waals surface area contributed by atoms with Crippen molar-refractivity contribution in [1.29, 1.82) is 0 Å². The van der Waals surface area contributed by atoms with Crippen LogP contribution in [0.3, 0.4) is 0 Å². The fraction of sp³-hybridized carbons (Fsp3) is 0.600. The third kappa shape index (κ3) is 1.30. The predicted octanol–water partition coefficient (Wildman–Crippen LogP) is 1.88. The van der Waals surface area contributed by atoms with Crippen LogP contribution in [-0.2, 0) is 14.9 Å². The van der Waals surface area contributed by atoms with Crippen molar-refractivity contribution in [2.75, 3.05) is 34.4 Å². The van der Waals surface area contributed by atoms with E-state index in [9.17, 15) is 0 Å². The van der Waals surface area contributed by atoms with Gasteiger partial charge in [0.05, 0.1) is 5.41 Å². The molecular formula is C15H21NO2. The SMILES string of the molecule is COC1(OC)C[C@H]2CN(C)C[C@]21c1ccccc1. The second kappa shape index (κ2) is 4.05. The first-order chi connectivity index (χ1) is 8.68. The highest BCUT2D eigenvalue weighted by atomic mass is 16.7. The molecule has 0 radical (unpaired) electrons. The van der Waals surface area contributed by atoms with Gasteiger partial charge in [-0.3, -0.25) is 0 Å². The molecule has 1 aliphatic heterocycles. The molecule has 0 unspecified atom stereocenters. The maximum Gasteiger partial charge on any atom is 0.179 e. The standard InChI is InChI=1S/C15H21NO2/c1-16-10-13-9-15(17-2,18-3)14(13,11-16)12-7-5-4-6-8-12/h4-8,13H,9-11H2,1-3H3/t13-,14-/m0/s1. The maximum atomic E-state index is 5.79. The van der Waals surface area contributed by atoms with E-state index in [1.807, 2.05) is 0 Å². The van der Waals surface area contributed by atoms with Crippen LogP contribution < -0.4 is 0 Å². The molecule has 0 spiro atoms. The molecule has 0 N–H and O–H groups in total. The highest BCUT2D eigenvalue weighted by Crippen LogP contribution is 2.61. The van der Waals surface area contributed by atoms with Gasteiger partial charge in [-0.2, -0.15) is 0 Å². The van der Waals surface area contributed by atoms with E-state index < -0.39 is 5.79 Å². The fourth-order valence-corrected chi connectivity index (χ4v) is 4.09. The minimum absolute atomic E-state index is 0.00743. The van der Waals surface area contributed by atoms with Gasteiger partial charge >= 0.3 is 0 Å². The quantitative estimate of drug-likeness (QED) is 0.761. The van der Waals surface area contributed by atoms with Crippen molar-refractivity contribution >= 4 is 0 Å². The van der Waals surface area contributed by atoms with E-state index in [2.05, 4.69) is 42.3 Å². The molecule has 98 valence electrons. The summed E-state index contributed by atoms with van der Waals surface area (Å²) in [4.78, 5) is 2.39. The third-order valence-corrected chi connectivity index (χ3v) is 4.89. The summed E-state index contributed by atoms with van der Waals surface area (Å²) in [7, 11) is 5.71. The van der Waals surface area contributed by atoms with Crippen LogP contribution in [-0.4, -0.2) is 45.0 Å². The summed E-state index contributed by atoms with van der Waals surface area (Å²) >= 11 is 0. The first-order valence-corrected chi connectivity index (χ1v) is 6.53. The molecule has 2 atom stereocenters. The Balaban J connectivity index is 2.09. The molecule has 1 aromatic rings. The lowest BCUT2D eigenvalue weighted by atomic mass is 9.53. The Morgan fingerprint density at radius 1 is 1.17 bits per heavy atom. The summed E-state index contributed by atoms with van der Waals surface area (Å²) in [6, 6.07) is 10.7. The molecule has 2 fully saturated rings. The number of likely N-dealkylation sites (N-methyl/N-ethyl adjacent to an activating group) is 1. The van der Waals surface area contributed by atoms with Gasteiger partial charge in [-0.05, 0) is 18.5 Å². The molecule has 1 aromatic carbocycles. The van der Waals surface area contributed by atoms with Crippen LogP contribution in [0.15, 0.2) is 30.3 Å². The molecule has 0 bridgehead atoms. The largest absolute Gasteiger partial charge is 0.352 e. The molecule has 1 saturated carbocycles. The van der Waals surface area contributed by atoms with E-state index in [1.54, 1.807) is 14.2 Å². The van der Waals surface area contributed by atoms with Crippen LogP contribution >= 0.6 is 0 Å². The van der Waals surface area contributed by atoms with E-state index in [4.69, 9.17) is 9.47 Å². The van der Waals surface area contributed by atoms with Gasteiger partial charge in [-0.25, -0.2) is 0 Å². The van der Waals surface area contributed by atoms with Crippen molar-refractivity contribution in [3.63, 3.8) is 0 Å². The van der Waals surface area contributed by atoms with Gasteiger partial charge in [0.25, 0.3) is 0 Å². The lowest BCUT2D eigenvalue weighted by molar-refractivity contribution is -0.314. The van der Waals surface area contributed by atoms with Crippen molar-refractivity contribution in [3.8, 4) is 0 Å². The Kier molecular flexibility index (Phi) is 2.73. The molecule has 3 nitrogen and oxygen atoms in total. The number of hydrogen-bond acceptors (Lipinski definition) is 3. The van der Waals surface area contributed by atoms with Gasteiger partial charge in [-0.1, -0.05) is 30.3 Å². The van der Waals surface area contributed by atoms with Gasteiger partial charge in [0.15, 0.2) is 5.79 Å². The predicted molar refractivity (Wildman–Crippen MR) is 70.5 cm³/mol. The van der Waals surface area contributed by atoms with Crippen molar-refractivity contribution in [2.45, 2.75) is 17.6 Å². The Hall–Kier alpha value is -0.900. The maximum absolute atomic E-state index is 5.79. The Bertz CT molecular complexity index is 429. The topological polar surface area (TPSA) is 21.7 Å². The third-order valence-electron chi connectivity index (χ3n) is 4.89. The van der Waals surface area contributed by atoms with E-state index in [0.29, 0.717) is 5.92 Å². The molecule has 1 heterocycles. The monoisotopic (exact) mass is 247 g/mol. The van der Waals surface area contributed by atoms with E-state index in [1.165, 1.54) is 5.56 Å². The first kappa shape index (κ1) is 12.2. The number of methoxy groups -OCH3 is 2. The minimum atomic E-state index is -0.455. The van der Waals surface area contributed by atoms with Crippen molar-refractivity contribution in [3.05, 3.63) is 35.9 Å². The molecule has 3 heteroatoms. The first-order valence-electron chi connectivity index (χ1n) is 6.53. The highest BCUT2D eigenvalue weighted by Gasteiger charge is 2.70. The van der Waals surface area contributed by atoms with Gasteiger partial charge in [0, 0.05) is 33.7 Å². The van der Waals surface area contributed by atoms with E-state index >= 15 is 0 Å². The van der Waals surface area contributed by atoms with Gasteiger partial charge in [0.2, 0.25) is 0 Å². The molecule has 2 aliphatic rings. The van der Waals surface area contributed by atoms with E-state index in [-0.39, 0.29) is 5.41 Å². The van der Waals surface area contributed by atoms with Crippen LogP contribution in [0.2, 0.25) is 0 Å². The average molecular weight is 247 g/mol. The highest BCUT2D eigenvalue weighted by molar-refractivity contribution is 5.38. The van der Waals surface area contributed by atoms with E-state index in [0.717, 1.165) is 19.5 Å². The summed E-state index contributed by atoms with van der Waals surface area (Å²) in [5, 5.41) is 0. The molecule has 1 aliphatic carbocycles. The normalized spacial score (nSPS) is 34.1. The number of rotatable bonds is 3. The molecule has 0 amide bonds. The lowest BCUT2D eigenvalue weighted by Crippen LogP contribution is -2.68. The second-order valence-corrected chi connectivity index (χ2v) is 5.60. The second-order valence-electron chi connectivity index (χ2n) is 5.60. The smallest absolute Gasteiger partial charge is 0.179 e. The zero-order chi connectivity index (χ0) is 12.8. The number of likely N-dealkylation sites (tertiary alicyclic amines) is 1. The molecule has 18 heavy (non-hydrogen) atoms. The van der Waals surface area contributed by atoms with Crippen molar-refractivity contribution in [1.82, 2.24) is 4.90 Å². The van der Waals surface area contributed by atoms with Crippen LogP contribution in [0.1, 0.15) is 12.0 Å². The Morgan fingerprint density at radius 2 is 1.83 bits per heavy atom. The lowest BCUT2D eigenvalue weighted by Gasteiger charge is -2.59. The van der Waals surface area contributed by atoms with Crippen LogP contribution in [0.5, 0.6) is 0 Å². The number of ether oxygens (including phenoxy) is 2. The number of hydrogen-bond donors (Lipinski definition) is 0. The van der Waals surface area contributed by atoms with Crippen molar-refractivity contribution < 1.29 is 9.47 Å². The summed E-state index contributed by atoms with van der Waals surface area (Å²) < 4.78 is 11.6. The number of benzene rings is 1. The van der Waals surface area contributed by atoms with Gasteiger partial charge in [0.1, 0.15) is 0 Å². The Labute approximate surface area is 109 Å². The zero-order valence-electron chi connectivity index (χ0n) is 11.3. The minimum Gasteiger partial charge on any atom is -0.352 e. The number of nitrogens with zero attached hydrogens (tertiary/aromatic N) is 1. The molecular weight excluding hydrogens is 226 g/mol. The Morgan fingerprint density at radius 3 is 2.39 bits per heavy atom. The molecule has 3 rings (SSSR count). The summed E-state index contributed by atoms with van der Waals surface area (Å²) in [5.74, 6) is 0.175. The average Bonchev–Trinajstić information content (AvgIpc) is 2.67. The molecule has 0 aromatic heterocycles. The summed E-state index contributed by atoms with van der Waals surface area (Å²) in [5.41, 5.74) is 1.33. The number of fused-ring (bicyclic) bond motifs is 1. The zero-order valence-corrected chi connectivity index (χ0v) is 11.3. The van der Waals surface area contributed by atoms with Crippen LogP contribution in [0.4, 0.5) is 0 Å². The summed E-state index contributed by atoms with van der Waals surface area (Å²) in [6.07, 6.45) is 0.985. The van der Waals surface area contributed by atoms with Crippen LogP contribution in [0.25, 0.3) is 0 Å². The summed E-state index contributed by atoms with van der Waals surface area (Å²) in [6.45, 7) is 2.13. The van der Waals surface area contributed by atoms with Gasteiger partial charge < -0.3 is 14.4 Å². The fourth-order valence-electron chi connectivity index (χ4n) is 4.09. The van der Waals surface area contributed by atoms with Crippen molar-refractivity contribution in [2.24, 2.45) is 5.92 Å². The van der Waals surface area contributed by atoms with Crippen LogP contribution in [0, 0.1) is 5.92 Å². The molecule has 1 saturated heterocycles.